The Kier molecular flexibility index (Phi) is 1.59. The van der Waals surface area contributed by atoms with Crippen LogP contribution >= 0.6 is 0 Å². The molecule has 0 saturated carbocycles. The van der Waals surface area contributed by atoms with Crippen molar-refractivity contribution in [1.29, 1.82) is 0 Å². The minimum absolute atomic E-state index is 0.0114. The Morgan fingerprint density at radius 3 is 2.93 bits per heavy atom. The molecular formula is C11H9NO3. The minimum atomic E-state index is -0.410. The van der Waals surface area contributed by atoms with E-state index < -0.39 is 6.04 Å². The molecule has 4 nitrogen and oxygen atoms in total. The van der Waals surface area contributed by atoms with Gasteiger partial charge in [-0.05, 0) is 5.56 Å². The van der Waals surface area contributed by atoms with Gasteiger partial charge in [0, 0.05) is 5.56 Å². The van der Waals surface area contributed by atoms with Crippen molar-refractivity contribution >= 4 is 11.9 Å². The van der Waals surface area contributed by atoms with E-state index in [2.05, 4.69) is 0 Å². The fraction of sp³-hybridized carbons (Fsp3) is 0.273. The van der Waals surface area contributed by atoms with Gasteiger partial charge in [0.15, 0.2) is 5.78 Å². The number of hydrogen-bond donors (Lipinski definition) is 0. The van der Waals surface area contributed by atoms with Crippen LogP contribution in [0, 0.1) is 0 Å². The third-order valence-electron chi connectivity index (χ3n) is 2.90. The molecule has 1 aromatic rings. The topological polar surface area (TPSA) is 46.6 Å². The summed E-state index contributed by atoms with van der Waals surface area (Å²) in [4.78, 5) is 24.8. The van der Waals surface area contributed by atoms with Crippen molar-refractivity contribution in [2.45, 2.75) is 12.6 Å². The number of ketones is 1. The van der Waals surface area contributed by atoms with Gasteiger partial charge in [-0.2, -0.15) is 0 Å². The van der Waals surface area contributed by atoms with E-state index in [-0.39, 0.29) is 18.5 Å². The molecule has 0 spiro atoms. The lowest BCUT2D eigenvalue weighted by atomic mass is 9.94. The second-order valence-electron chi connectivity index (χ2n) is 3.74. The Bertz CT molecular complexity index is 455. The molecule has 0 N–H and O–H groups in total. The Hall–Kier alpha value is -1.84. The molecule has 0 radical (unpaired) electrons. The quantitative estimate of drug-likeness (QED) is 0.636. The molecular weight excluding hydrogens is 194 g/mol. The standard InChI is InChI=1S/C11H9NO3/c13-10-8-4-2-1-3-7(8)5-12-9(10)6-15-11(12)14/h1-4,9H,5-6H2/t9-/m1/s1. The Morgan fingerprint density at radius 2 is 2.07 bits per heavy atom. The predicted octanol–water partition coefficient (Wildman–Crippen LogP) is 1.20. The highest BCUT2D eigenvalue weighted by Gasteiger charge is 2.42. The molecule has 0 unspecified atom stereocenters. The van der Waals surface area contributed by atoms with Crippen LogP contribution in [-0.4, -0.2) is 29.4 Å². The number of cyclic esters (lactones) is 1. The summed E-state index contributed by atoms with van der Waals surface area (Å²) in [7, 11) is 0. The van der Waals surface area contributed by atoms with Gasteiger partial charge in [0.25, 0.3) is 0 Å². The first-order chi connectivity index (χ1) is 7.27. The van der Waals surface area contributed by atoms with Gasteiger partial charge >= 0.3 is 6.09 Å². The van der Waals surface area contributed by atoms with Crippen molar-refractivity contribution < 1.29 is 14.3 Å². The molecule has 1 atom stereocenters. The van der Waals surface area contributed by atoms with Gasteiger partial charge in [0.2, 0.25) is 0 Å². The predicted molar refractivity (Wildman–Crippen MR) is 51.5 cm³/mol. The fourth-order valence-corrected chi connectivity index (χ4v) is 2.10. The maximum absolute atomic E-state index is 12.0. The van der Waals surface area contributed by atoms with Gasteiger partial charge in [0.05, 0.1) is 6.54 Å². The maximum atomic E-state index is 12.0. The van der Waals surface area contributed by atoms with Gasteiger partial charge in [0.1, 0.15) is 12.6 Å². The number of benzene rings is 1. The molecule has 1 amide bonds. The molecule has 0 bridgehead atoms. The minimum Gasteiger partial charge on any atom is -0.447 e. The van der Waals surface area contributed by atoms with Crippen molar-refractivity contribution in [1.82, 2.24) is 4.90 Å². The molecule has 2 aliphatic heterocycles. The number of carbonyl (C=O) groups excluding carboxylic acids is 2. The summed E-state index contributed by atoms with van der Waals surface area (Å²) in [5.74, 6) is -0.0114. The number of Topliss-reactive ketones (excluding diaryl/α,β-unsaturated/α-hetero) is 1. The number of carbonyl (C=O) groups is 2. The normalized spacial score (nSPS) is 23.5. The van der Waals surface area contributed by atoms with Crippen LogP contribution in [0.3, 0.4) is 0 Å². The Labute approximate surface area is 86.4 Å². The maximum Gasteiger partial charge on any atom is 0.410 e. The lowest BCUT2D eigenvalue weighted by Gasteiger charge is -2.27. The van der Waals surface area contributed by atoms with Gasteiger partial charge in [-0.25, -0.2) is 4.79 Å². The monoisotopic (exact) mass is 203 g/mol. The Balaban J connectivity index is 2.10. The van der Waals surface area contributed by atoms with Crippen LogP contribution in [0.4, 0.5) is 4.79 Å². The highest BCUT2D eigenvalue weighted by atomic mass is 16.6. The Morgan fingerprint density at radius 1 is 1.27 bits per heavy atom. The number of hydrogen-bond acceptors (Lipinski definition) is 3. The molecule has 3 rings (SSSR count). The van der Waals surface area contributed by atoms with Crippen LogP contribution in [0.5, 0.6) is 0 Å². The molecule has 1 aromatic carbocycles. The first-order valence-corrected chi connectivity index (χ1v) is 4.83. The number of fused-ring (bicyclic) bond motifs is 2. The number of ether oxygens (including phenoxy) is 1. The van der Waals surface area contributed by atoms with Crippen molar-refractivity contribution in [3.8, 4) is 0 Å². The zero-order chi connectivity index (χ0) is 10.4. The summed E-state index contributed by atoms with van der Waals surface area (Å²) in [5, 5.41) is 0. The SMILES string of the molecule is O=C1c2ccccc2CN2C(=O)OC[C@H]12. The highest BCUT2D eigenvalue weighted by molar-refractivity contribution is 6.04. The van der Waals surface area contributed by atoms with Gasteiger partial charge < -0.3 is 4.74 Å². The zero-order valence-corrected chi connectivity index (χ0v) is 7.97. The largest absolute Gasteiger partial charge is 0.447 e. The lowest BCUT2D eigenvalue weighted by Crippen LogP contribution is -2.43. The van der Waals surface area contributed by atoms with E-state index >= 15 is 0 Å². The average Bonchev–Trinajstić information content (AvgIpc) is 2.62. The van der Waals surface area contributed by atoms with Crippen molar-refractivity contribution in [2.24, 2.45) is 0 Å². The van der Waals surface area contributed by atoms with Crippen molar-refractivity contribution in [3.63, 3.8) is 0 Å². The molecule has 15 heavy (non-hydrogen) atoms. The number of amides is 1. The highest BCUT2D eigenvalue weighted by Crippen LogP contribution is 2.27. The third-order valence-corrected chi connectivity index (χ3v) is 2.90. The van der Waals surface area contributed by atoms with Crippen LogP contribution in [0.25, 0.3) is 0 Å². The van der Waals surface area contributed by atoms with Gasteiger partial charge in [-0.15, -0.1) is 0 Å². The van der Waals surface area contributed by atoms with E-state index in [0.29, 0.717) is 6.54 Å². The molecule has 76 valence electrons. The zero-order valence-electron chi connectivity index (χ0n) is 7.97. The second kappa shape index (κ2) is 2.82. The van der Waals surface area contributed by atoms with E-state index in [0.717, 1.165) is 11.1 Å². The van der Waals surface area contributed by atoms with E-state index in [9.17, 15) is 9.59 Å². The van der Waals surface area contributed by atoms with Gasteiger partial charge in [-0.3, -0.25) is 9.69 Å². The second-order valence-corrected chi connectivity index (χ2v) is 3.74. The van der Waals surface area contributed by atoms with Crippen LogP contribution < -0.4 is 0 Å². The van der Waals surface area contributed by atoms with Crippen molar-refractivity contribution in [2.75, 3.05) is 6.61 Å². The van der Waals surface area contributed by atoms with E-state index in [4.69, 9.17) is 4.74 Å². The molecule has 0 aromatic heterocycles. The summed E-state index contributed by atoms with van der Waals surface area (Å²) in [5.41, 5.74) is 1.62. The number of nitrogens with zero attached hydrogens (tertiary/aromatic N) is 1. The van der Waals surface area contributed by atoms with Crippen LogP contribution in [0.1, 0.15) is 15.9 Å². The molecule has 1 fully saturated rings. The summed E-state index contributed by atoms with van der Waals surface area (Å²) in [6, 6.07) is 6.97. The number of rotatable bonds is 0. The summed E-state index contributed by atoms with van der Waals surface area (Å²) in [6.07, 6.45) is -0.386. The summed E-state index contributed by atoms with van der Waals surface area (Å²) < 4.78 is 4.87. The molecule has 4 heteroatoms. The lowest BCUT2D eigenvalue weighted by molar-refractivity contribution is 0.0862. The van der Waals surface area contributed by atoms with E-state index in [1.165, 1.54) is 4.90 Å². The van der Waals surface area contributed by atoms with Crippen LogP contribution in [0.2, 0.25) is 0 Å². The average molecular weight is 203 g/mol. The molecule has 2 aliphatic rings. The van der Waals surface area contributed by atoms with E-state index in [1.807, 2.05) is 18.2 Å². The van der Waals surface area contributed by atoms with E-state index in [1.54, 1.807) is 6.07 Å². The summed E-state index contributed by atoms with van der Waals surface area (Å²) >= 11 is 0. The van der Waals surface area contributed by atoms with Crippen LogP contribution in [-0.2, 0) is 11.3 Å². The first-order valence-electron chi connectivity index (χ1n) is 4.83. The molecule has 1 saturated heterocycles. The fourth-order valence-electron chi connectivity index (χ4n) is 2.10. The van der Waals surface area contributed by atoms with Crippen LogP contribution in [0.15, 0.2) is 24.3 Å². The summed E-state index contributed by atoms with van der Waals surface area (Å²) in [6.45, 7) is 0.664. The van der Waals surface area contributed by atoms with Gasteiger partial charge in [-0.1, -0.05) is 24.3 Å². The van der Waals surface area contributed by atoms with Crippen molar-refractivity contribution in [3.05, 3.63) is 35.4 Å². The molecule has 0 aliphatic carbocycles. The molecule has 2 heterocycles. The third kappa shape index (κ3) is 1.08. The smallest absolute Gasteiger partial charge is 0.410 e. The first kappa shape index (κ1) is 8.47.